The largest absolute Gasteiger partial charge is 0.376 e. The highest BCUT2D eigenvalue weighted by molar-refractivity contribution is 9.10. The fourth-order valence-corrected chi connectivity index (χ4v) is 2.11. The van der Waals surface area contributed by atoms with Gasteiger partial charge in [-0.1, -0.05) is 15.9 Å². The quantitative estimate of drug-likeness (QED) is 0.931. The second-order valence-corrected chi connectivity index (χ2v) is 5.67. The lowest BCUT2D eigenvalue weighted by molar-refractivity contribution is -0.177. The number of aromatic nitrogens is 1. The maximum atomic E-state index is 5.90. The number of nitrogens with zero attached hydrogens (tertiary/aromatic N) is 1. The monoisotopic (exact) mass is 300 g/mol. The van der Waals surface area contributed by atoms with E-state index in [4.69, 9.17) is 9.47 Å². The van der Waals surface area contributed by atoms with Crippen molar-refractivity contribution in [2.45, 2.75) is 25.6 Å². The molecule has 94 valence electrons. The van der Waals surface area contributed by atoms with Crippen LogP contribution in [0.2, 0.25) is 0 Å². The van der Waals surface area contributed by atoms with Crippen molar-refractivity contribution in [2.24, 2.45) is 0 Å². The van der Waals surface area contributed by atoms with E-state index in [-0.39, 0.29) is 11.7 Å². The molecule has 4 nitrogen and oxygen atoms in total. The molecule has 0 aromatic carbocycles. The molecule has 1 fully saturated rings. The van der Waals surface area contributed by atoms with Crippen molar-refractivity contribution in [3.05, 3.63) is 22.8 Å². The Morgan fingerprint density at radius 2 is 2.41 bits per heavy atom. The Bertz CT molecular complexity index is 385. The number of nitrogens with one attached hydrogen (secondary N) is 1. The Morgan fingerprint density at radius 1 is 1.59 bits per heavy atom. The number of hydrogen-bond acceptors (Lipinski definition) is 4. The van der Waals surface area contributed by atoms with Crippen LogP contribution >= 0.6 is 15.9 Å². The minimum Gasteiger partial charge on any atom is -0.376 e. The number of halogens is 1. The Morgan fingerprint density at radius 3 is 3.12 bits per heavy atom. The van der Waals surface area contributed by atoms with Gasteiger partial charge < -0.3 is 14.8 Å². The van der Waals surface area contributed by atoms with E-state index < -0.39 is 0 Å². The van der Waals surface area contributed by atoms with Crippen LogP contribution in [-0.4, -0.2) is 36.4 Å². The van der Waals surface area contributed by atoms with Gasteiger partial charge in [-0.25, -0.2) is 4.98 Å². The van der Waals surface area contributed by atoms with Crippen molar-refractivity contribution < 1.29 is 9.47 Å². The normalized spacial score (nSPS) is 23.4. The molecular weight excluding hydrogens is 284 g/mol. The van der Waals surface area contributed by atoms with Gasteiger partial charge in [-0.2, -0.15) is 0 Å². The summed E-state index contributed by atoms with van der Waals surface area (Å²) >= 11 is 3.41. The fourth-order valence-electron chi connectivity index (χ4n) is 1.78. The van der Waals surface area contributed by atoms with Gasteiger partial charge in [-0.3, -0.25) is 0 Å². The van der Waals surface area contributed by atoms with Gasteiger partial charge in [0.25, 0.3) is 0 Å². The summed E-state index contributed by atoms with van der Waals surface area (Å²) < 4.78 is 12.4. The molecule has 1 saturated heterocycles. The standard InChI is InChI=1S/C12H17BrN2O2/c1-12(2)8-16-7-10(17-12)6-15-11-5-9(13)3-4-14-11/h3-5,10H,6-8H2,1-2H3,(H,14,15). The molecule has 1 aliphatic heterocycles. The van der Waals surface area contributed by atoms with E-state index in [2.05, 4.69) is 26.2 Å². The Balaban J connectivity index is 1.86. The zero-order valence-electron chi connectivity index (χ0n) is 10.1. The highest BCUT2D eigenvalue weighted by Gasteiger charge is 2.29. The van der Waals surface area contributed by atoms with Gasteiger partial charge in [0.15, 0.2) is 0 Å². The van der Waals surface area contributed by atoms with Gasteiger partial charge in [-0.15, -0.1) is 0 Å². The molecule has 1 aromatic heterocycles. The second kappa shape index (κ2) is 5.33. The van der Waals surface area contributed by atoms with E-state index in [9.17, 15) is 0 Å². The van der Waals surface area contributed by atoms with Crippen LogP contribution in [0.15, 0.2) is 22.8 Å². The molecule has 5 heteroatoms. The van der Waals surface area contributed by atoms with E-state index in [1.165, 1.54) is 0 Å². The maximum Gasteiger partial charge on any atom is 0.127 e. The molecule has 1 aromatic rings. The van der Waals surface area contributed by atoms with Crippen molar-refractivity contribution in [2.75, 3.05) is 25.1 Å². The Labute approximate surface area is 110 Å². The van der Waals surface area contributed by atoms with E-state index in [0.717, 1.165) is 10.3 Å². The number of pyridine rings is 1. The zero-order valence-corrected chi connectivity index (χ0v) is 11.7. The summed E-state index contributed by atoms with van der Waals surface area (Å²) in [5.74, 6) is 0.839. The van der Waals surface area contributed by atoms with Crippen molar-refractivity contribution in [3.8, 4) is 0 Å². The Kier molecular flexibility index (Phi) is 4.01. The molecular formula is C12H17BrN2O2. The first-order chi connectivity index (χ1) is 8.05. The summed E-state index contributed by atoms with van der Waals surface area (Å²) in [6.45, 7) is 6.06. The Hall–Kier alpha value is -0.650. The third-order valence-electron chi connectivity index (χ3n) is 2.47. The number of hydrogen-bond donors (Lipinski definition) is 1. The lowest BCUT2D eigenvalue weighted by Gasteiger charge is -2.35. The summed E-state index contributed by atoms with van der Waals surface area (Å²) in [5.41, 5.74) is -0.199. The van der Waals surface area contributed by atoms with Crippen molar-refractivity contribution in [1.82, 2.24) is 4.98 Å². The fraction of sp³-hybridized carbons (Fsp3) is 0.583. The van der Waals surface area contributed by atoms with Crippen LogP contribution in [0.25, 0.3) is 0 Å². The molecule has 0 spiro atoms. The van der Waals surface area contributed by atoms with Crippen molar-refractivity contribution in [3.63, 3.8) is 0 Å². The smallest absolute Gasteiger partial charge is 0.127 e. The molecule has 0 bridgehead atoms. The second-order valence-electron chi connectivity index (χ2n) is 4.75. The lowest BCUT2D eigenvalue weighted by Crippen LogP contribution is -2.45. The van der Waals surface area contributed by atoms with Crippen LogP contribution in [0, 0.1) is 0 Å². The van der Waals surface area contributed by atoms with Crippen LogP contribution in [0.5, 0.6) is 0 Å². The third-order valence-corrected chi connectivity index (χ3v) is 2.97. The molecule has 0 saturated carbocycles. The summed E-state index contributed by atoms with van der Waals surface area (Å²) in [6, 6.07) is 3.84. The number of rotatable bonds is 3. The number of ether oxygens (including phenoxy) is 2. The third kappa shape index (κ3) is 3.94. The summed E-state index contributed by atoms with van der Waals surface area (Å²) in [5, 5.41) is 3.25. The van der Waals surface area contributed by atoms with Crippen LogP contribution in [0.4, 0.5) is 5.82 Å². The van der Waals surface area contributed by atoms with Crippen LogP contribution in [0.1, 0.15) is 13.8 Å². The first-order valence-electron chi connectivity index (χ1n) is 5.66. The van der Waals surface area contributed by atoms with Crippen LogP contribution < -0.4 is 5.32 Å². The number of anilines is 1. The molecule has 1 unspecified atom stereocenters. The zero-order chi connectivity index (χ0) is 12.3. The van der Waals surface area contributed by atoms with Gasteiger partial charge in [-0.05, 0) is 26.0 Å². The van der Waals surface area contributed by atoms with E-state index in [1.54, 1.807) is 6.20 Å². The first kappa shape index (κ1) is 12.8. The molecule has 0 aliphatic carbocycles. The van der Waals surface area contributed by atoms with Gasteiger partial charge in [0.2, 0.25) is 0 Å². The molecule has 1 atom stereocenters. The maximum absolute atomic E-state index is 5.90. The molecule has 17 heavy (non-hydrogen) atoms. The summed E-state index contributed by atoms with van der Waals surface area (Å²) in [4.78, 5) is 4.22. The van der Waals surface area contributed by atoms with Crippen LogP contribution in [-0.2, 0) is 9.47 Å². The summed E-state index contributed by atoms with van der Waals surface area (Å²) in [6.07, 6.45) is 1.83. The van der Waals surface area contributed by atoms with Gasteiger partial charge >= 0.3 is 0 Å². The SMILES string of the molecule is CC1(C)COCC(CNc2cc(Br)ccn2)O1. The average molecular weight is 301 g/mol. The van der Waals surface area contributed by atoms with Gasteiger partial charge in [0.1, 0.15) is 5.82 Å². The van der Waals surface area contributed by atoms with E-state index >= 15 is 0 Å². The molecule has 2 rings (SSSR count). The molecule has 1 aliphatic rings. The summed E-state index contributed by atoms with van der Waals surface area (Å²) in [7, 11) is 0. The lowest BCUT2D eigenvalue weighted by atomic mass is 10.1. The minimum absolute atomic E-state index is 0.0690. The molecule has 0 radical (unpaired) electrons. The van der Waals surface area contributed by atoms with Gasteiger partial charge in [0, 0.05) is 17.2 Å². The van der Waals surface area contributed by atoms with Crippen molar-refractivity contribution >= 4 is 21.7 Å². The topological polar surface area (TPSA) is 43.4 Å². The predicted molar refractivity (Wildman–Crippen MR) is 70.2 cm³/mol. The van der Waals surface area contributed by atoms with Crippen molar-refractivity contribution in [1.29, 1.82) is 0 Å². The highest BCUT2D eigenvalue weighted by atomic mass is 79.9. The molecule has 1 N–H and O–H groups in total. The van der Waals surface area contributed by atoms with Gasteiger partial charge in [0.05, 0.1) is 24.9 Å². The van der Waals surface area contributed by atoms with Crippen LogP contribution in [0.3, 0.4) is 0 Å². The molecule has 0 amide bonds. The first-order valence-corrected chi connectivity index (χ1v) is 6.45. The highest BCUT2D eigenvalue weighted by Crippen LogP contribution is 2.19. The average Bonchev–Trinajstić information content (AvgIpc) is 2.25. The minimum atomic E-state index is -0.199. The van der Waals surface area contributed by atoms with E-state index in [0.29, 0.717) is 19.8 Å². The van der Waals surface area contributed by atoms with E-state index in [1.807, 2.05) is 26.0 Å². The molecule has 2 heterocycles. The predicted octanol–water partition coefficient (Wildman–Crippen LogP) is 2.45.